The summed E-state index contributed by atoms with van der Waals surface area (Å²) in [4.78, 5) is 43.8. The van der Waals surface area contributed by atoms with Crippen molar-refractivity contribution < 1.29 is 28.6 Å². The second-order valence-corrected chi connectivity index (χ2v) is 11.5. The van der Waals surface area contributed by atoms with Gasteiger partial charge in [0.1, 0.15) is 24.3 Å². The van der Waals surface area contributed by atoms with E-state index in [0.29, 0.717) is 38.7 Å². The third kappa shape index (κ3) is 8.05. The minimum Gasteiger partial charge on any atom is -0.486 e. The van der Waals surface area contributed by atoms with Crippen molar-refractivity contribution in [3.8, 4) is 5.75 Å². The van der Waals surface area contributed by atoms with Crippen LogP contribution < -0.4 is 10.1 Å². The van der Waals surface area contributed by atoms with Gasteiger partial charge in [-0.1, -0.05) is 40.9 Å². The standard InChI is InChI=1S/C25H28Cl3N3O6S/c1-25(2,3)37-24(34)31-13-38-12-19(31)22(32)30-18(23(33)35-4)10-14-8-9-20(21(28)29-14)36-11-15-16(26)6-5-7-17(15)27/h5-9,18-19H,10-13H2,1-4H3,(H,30,32). The van der Waals surface area contributed by atoms with E-state index in [9.17, 15) is 14.4 Å². The maximum absolute atomic E-state index is 13.1. The molecule has 0 spiro atoms. The lowest BCUT2D eigenvalue weighted by Gasteiger charge is -2.28. The second-order valence-electron chi connectivity index (χ2n) is 9.33. The van der Waals surface area contributed by atoms with Crippen LogP contribution in [0.4, 0.5) is 4.79 Å². The molecule has 0 bridgehead atoms. The molecule has 13 heteroatoms. The van der Waals surface area contributed by atoms with Gasteiger partial charge in [0.2, 0.25) is 5.91 Å². The molecule has 0 saturated carbocycles. The smallest absolute Gasteiger partial charge is 0.411 e. The summed E-state index contributed by atoms with van der Waals surface area (Å²) in [6.45, 7) is 5.32. The number of pyridine rings is 1. The third-order valence-electron chi connectivity index (χ3n) is 5.33. The molecule has 2 aromatic rings. The predicted molar refractivity (Wildman–Crippen MR) is 147 cm³/mol. The first kappa shape index (κ1) is 30.1. The fourth-order valence-corrected chi connectivity index (χ4v) is 5.35. The van der Waals surface area contributed by atoms with Crippen molar-refractivity contribution in [3.63, 3.8) is 0 Å². The van der Waals surface area contributed by atoms with Crippen LogP contribution in [0.1, 0.15) is 32.0 Å². The van der Waals surface area contributed by atoms with Gasteiger partial charge in [-0.2, -0.15) is 0 Å². The second kappa shape index (κ2) is 13.1. The lowest BCUT2D eigenvalue weighted by Crippen LogP contribution is -2.53. The van der Waals surface area contributed by atoms with Crippen molar-refractivity contribution in [3.05, 3.63) is 56.8 Å². The molecule has 2 unspecified atom stereocenters. The molecule has 0 radical (unpaired) electrons. The molecule has 1 aliphatic rings. The topological polar surface area (TPSA) is 107 Å². The Hall–Kier alpha value is -2.40. The molecule has 1 aromatic carbocycles. The molecule has 1 aromatic heterocycles. The number of amides is 2. The van der Waals surface area contributed by atoms with E-state index in [4.69, 9.17) is 49.0 Å². The molecule has 3 rings (SSSR count). The number of hydrogen-bond donors (Lipinski definition) is 1. The normalized spacial score (nSPS) is 16.1. The predicted octanol–water partition coefficient (Wildman–Crippen LogP) is 5.13. The Morgan fingerprint density at radius 3 is 2.45 bits per heavy atom. The van der Waals surface area contributed by atoms with Crippen LogP contribution in [0.5, 0.6) is 5.75 Å². The Balaban J connectivity index is 1.68. The average molecular weight is 605 g/mol. The summed E-state index contributed by atoms with van der Waals surface area (Å²) in [6.07, 6.45) is -0.597. The summed E-state index contributed by atoms with van der Waals surface area (Å²) in [5.74, 6) is -0.210. The number of carbonyl (C=O) groups excluding carboxylic acids is 3. The van der Waals surface area contributed by atoms with Gasteiger partial charge in [-0.3, -0.25) is 9.69 Å². The zero-order chi connectivity index (χ0) is 28.0. The summed E-state index contributed by atoms with van der Waals surface area (Å²) in [7, 11) is 1.22. The Morgan fingerprint density at radius 2 is 1.84 bits per heavy atom. The molecule has 9 nitrogen and oxygen atoms in total. The highest BCUT2D eigenvalue weighted by atomic mass is 35.5. The van der Waals surface area contributed by atoms with Crippen LogP contribution in [0.15, 0.2) is 30.3 Å². The van der Waals surface area contributed by atoms with E-state index in [-0.39, 0.29) is 18.2 Å². The van der Waals surface area contributed by atoms with Gasteiger partial charge in [0, 0.05) is 33.5 Å². The summed E-state index contributed by atoms with van der Waals surface area (Å²) >= 11 is 20.1. The first-order valence-electron chi connectivity index (χ1n) is 11.6. The van der Waals surface area contributed by atoms with Crippen LogP contribution in [0.25, 0.3) is 0 Å². The largest absolute Gasteiger partial charge is 0.486 e. The number of carbonyl (C=O) groups is 3. The lowest BCUT2D eigenvalue weighted by molar-refractivity contribution is -0.145. The number of esters is 1. The van der Waals surface area contributed by atoms with Crippen LogP contribution in [0, 0.1) is 0 Å². The lowest BCUT2D eigenvalue weighted by atomic mass is 10.1. The molecule has 1 saturated heterocycles. The van der Waals surface area contributed by atoms with E-state index in [1.165, 1.54) is 23.8 Å². The molecule has 38 heavy (non-hydrogen) atoms. The van der Waals surface area contributed by atoms with Crippen molar-refractivity contribution in [1.29, 1.82) is 0 Å². The van der Waals surface area contributed by atoms with E-state index in [1.807, 2.05) is 0 Å². The quantitative estimate of drug-likeness (QED) is 0.326. The SMILES string of the molecule is COC(=O)C(Cc1ccc(OCc2c(Cl)cccc2Cl)c(Cl)n1)NC(=O)C1CSCN1C(=O)OC(C)(C)C. The van der Waals surface area contributed by atoms with Gasteiger partial charge in [0.25, 0.3) is 0 Å². The van der Waals surface area contributed by atoms with Crippen molar-refractivity contribution in [2.24, 2.45) is 0 Å². The minimum atomic E-state index is -1.06. The van der Waals surface area contributed by atoms with Gasteiger partial charge in [-0.25, -0.2) is 14.6 Å². The molecule has 206 valence electrons. The molecule has 1 N–H and O–H groups in total. The number of benzene rings is 1. The van der Waals surface area contributed by atoms with Gasteiger partial charge < -0.3 is 19.5 Å². The zero-order valence-corrected chi connectivity index (χ0v) is 24.3. The first-order chi connectivity index (χ1) is 17.9. The summed E-state index contributed by atoms with van der Waals surface area (Å²) in [5.41, 5.74) is 0.314. The molecule has 2 amide bonds. The molecule has 1 aliphatic heterocycles. The molecular weight excluding hydrogens is 577 g/mol. The van der Waals surface area contributed by atoms with Crippen LogP contribution in [0.2, 0.25) is 15.2 Å². The van der Waals surface area contributed by atoms with Gasteiger partial charge in [0.05, 0.1) is 13.0 Å². The molecular formula is C25H28Cl3N3O6S. The maximum atomic E-state index is 13.1. The highest BCUT2D eigenvalue weighted by molar-refractivity contribution is 7.99. The number of halogens is 3. The van der Waals surface area contributed by atoms with Gasteiger partial charge in [0.15, 0.2) is 10.9 Å². The monoisotopic (exact) mass is 603 g/mol. The number of hydrogen-bond acceptors (Lipinski definition) is 8. The van der Waals surface area contributed by atoms with Crippen LogP contribution in [0.3, 0.4) is 0 Å². The molecule has 2 atom stereocenters. The molecule has 1 fully saturated rings. The Morgan fingerprint density at radius 1 is 1.16 bits per heavy atom. The van der Waals surface area contributed by atoms with E-state index >= 15 is 0 Å². The maximum Gasteiger partial charge on any atom is 0.411 e. The first-order valence-corrected chi connectivity index (χ1v) is 13.8. The minimum absolute atomic E-state index is 0.00105. The van der Waals surface area contributed by atoms with Gasteiger partial charge >= 0.3 is 12.1 Å². The fraction of sp³-hybridized carbons (Fsp3) is 0.440. The highest BCUT2D eigenvalue weighted by Crippen LogP contribution is 2.29. The summed E-state index contributed by atoms with van der Waals surface area (Å²) in [5, 5.41) is 3.66. The van der Waals surface area contributed by atoms with Crippen molar-refractivity contribution in [2.45, 2.75) is 51.5 Å². The van der Waals surface area contributed by atoms with Gasteiger partial charge in [-0.15, -0.1) is 11.8 Å². The third-order valence-corrected chi connectivity index (χ3v) is 7.33. The number of aromatic nitrogens is 1. The zero-order valence-electron chi connectivity index (χ0n) is 21.3. The van der Waals surface area contributed by atoms with Crippen LogP contribution in [-0.4, -0.2) is 64.3 Å². The number of rotatable bonds is 8. The highest BCUT2D eigenvalue weighted by Gasteiger charge is 2.38. The summed E-state index contributed by atoms with van der Waals surface area (Å²) < 4.78 is 16.0. The van der Waals surface area contributed by atoms with Crippen LogP contribution >= 0.6 is 46.6 Å². The van der Waals surface area contributed by atoms with E-state index in [1.54, 1.807) is 51.1 Å². The van der Waals surface area contributed by atoms with Crippen molar-refractivity contribution in [2.75, 3.05) is 18.7 Å². The van der Waals surface area contributed by atoms with Gasteiger partial charge in [-0.05, 0) is 45.0 Å². The van der Waals surface area contributed by atoms with E-state index in [0.717, 1.165) is 0 Å². The molecule has 0 aliphatic carbocycles. The number of nitrogens with zero attached hydrogens (tertiary/aromatic N) is 2. The average Bonchev–Trinajstić information content (AvgIpc) is 3.33. The fourth-order valence-electron chi connectivity index (χ4n) is 3.47. The van der Waals surface area contributed by atoms with Crippen molar-refractivity contribution >= 4 is 64.5 Å². The Labute approximate surface area is 240 Å². The van der Waals surface area contributed by atoms with Crippen molar-refractivity contribution in [1.82, 2.24) is 15.2 Å². The van der Waals surface area contributed by atoms with Crippen LogP contribution in [-0.2, 0) is 32.1 Å². The Bertz CT molecular complexity index is 1170. The summed E-state index contributed by atoms with van der Waals surface area (Å²) in [6, 6.07) is 6.50. The molecule has 2 heterocycles. The Kier molecular flexibility index (Phi) is 10.4. The number of methoxy groups -OCH3 is 1. The number of nitrogens with one attached hydrogen (secondary N) is 1. The number of thioether (sulfide) groups is 1. The van der Waals surface area contributed by atoms with E-state index in [2.05, 4.69) is 10.3 Å². The number of ether oxygens (including phenoxy) is 3. The van der Waals surface area contributed by atoms with E-state index < -0.39 is 35.7 Å².